The summed E-state index contributed by atoms with van der Waals surface area (Å²) in [5.74, 6) is -0.00294. The normalized spacial score (nSPS) is 33.5. The maximum atomic E-state index is 11.4. The lowest BCUT2D eigenvalue weighted by Gasteiger charge is -2.42. The smallest absolute Gasteiger partial charge is 0.364 e. The van der Waals surface area contributed by atoms with Crippen LogP contribution < -0.4 is 4.90 Å². The van der Waals surface area contributed by atoms with Crippen LogP contribution in [-0.4, -0.2) is 31.7 Å². The Morgan fingerprint density at radius 1 is 1.21 bits per heavy atom. The van der Waals surface area contributed by atoms with Gasteiger partial charge in [-0.15, -0.1) is 0 Å². The summed E-state index contributed by atoms with van der Waals surface area (Å²) in [5.41, 5.74) is 0. The lowest BCUT2D eigenvalue weighted by atomic mass is 9.89. The first-order valence-corrected chi connectivity index (χ1v) is 5.76. The Morgan fingerprint density at radius 3 is 2.43 bits per heavy atom. The first-order chi connectivity index (χ1) is 6.83. The number of hydrogen-bond donors (Lipinski definition) is 1. The molecule has 1 heterocycles. The van der Waals surface area contributed by atoms with Crippen LogP contribution in [0.3, 0.4) is 0 Å². The van der Waals surface area contributed by atoms with E-state index in [0.717, 1.165) is 12.5 Å². The monoisotopic (exact) mass is 198 g/mol. The summed E-state index contributed by atoms with van der Waals surface area (Å²) in [4.78, 5) is 12.9. The van der Waals surface area contributed by atoms with Gasteiger partial charge in [-0.2, -0.15) is 0 Å². The third kappa shape index (κ3) is 1.78. The zero-order valence-electron chi connectivity index (χ0n) is 8.92. The van der Waals surface area contributed by atoms with E-state index in [0.29, 0.717) is 0 Å². The summed E-state index contributed by atoms with van der Waals surface area (Å²) < 4.78 is 4.82. The minimum Gasteiger partial charge on any atom is -0.465 e. The van der Waals surface area contributed by atoms with Gasteiger partial charge in [0.05, 0.1) is 26.1 Å². The molecular formula is C11H20NO2+. The molecule has 1 aliphatic heterocycles. The second-order valence-electron chi connectivity index (χ2n) is 4.52. The Kier molecular flexibility index (Phi) is 3.06. The van der Waals surface area contributed by atoms with Crippen LogP contribution in [0.5, 0.6) is 0 Å². The maximum absolute atomic E-state index is 11.4. The van der Waals surface area contributed by atoms with Gasteiger partial charge in [0.2, 0.25) is 0 Å². The highest BCUT2D eigenvalue weighted by atomic mass is 16.5. The number of quaternary nitrogens is 1. The molecule has 1 aliphatic carbocycles. The largest absolute Gasteiger partial charge is 0.465 e. The highest BCUT2D eigenvalue weighted by Gasteiger charge is 2.44. The van der Waals surface area contributed by atoms with Gasteiger partial charge in [-0.3, -0.25) is 0 Å². The van der Waals surface area contributed by atoms with Crippen molar-refractivity contribution in [2.24, 2.45) is 0 Å². The quantitative estimate of drug-likeness (QED) is 0.640. The van der Waals surface area contributed by atoms with Gasteiger partial charge < -0.3 is 9.64 Å². The molecule has 2 atom stereocenters. The number of carbonyl (C=O) groups is 1. The summed E-state index contributed by atoms with van der Waals surface area (Å²) in [6, 6.07) is 0.893. The molecule has 3 heteroatoms. The van der Waals surface area contributed by atoms with Gasteiger partial charge in [-0.05, 0) is 25.7 Å². The highest BCUT2D eigenvalue weighted by molar-refractivity contribution is 5.74. The topological polar surface area (TPSA) is 30.7 Å². The minimum absolute atomic E-state index is 0.00294. The molecule has 2 aliphatic rings. The predicted molar refractivity (Wildman–Crippen MR) is 53.1 cm³/mol. The van der Waals surface area contributed by atoms with E-state index in [-0.39, 0.29) is 12.0 Å². The number of hydrogen-bond acceptors (Lipinski definition) is 2. The number of esters is 1. The van der Waals surface area contributed by atoms with Crippen molar-refractivity contribution in [1.29, 1.82) is 0 Å². The number of carbonyl (C=O) groups excluding carboxylic acids is 1. The van der Waals surface area contributed by atoms with Gasteiger partial charge in [0.1, 0.15) is 0 Å². The molecule has 0 aromatic carbocycles. The Bertz CT molecular complexity index is 211. The predicted octanol–water partition coefficient (Wildman–Crippen LogP) is 0.149. The molecule has 1 unspecified atom stereocenters. The van der Waals surface area contributed by atoms with E-state index in [1.807, 2.05) is 0 Å². The second-order valence-corrected chi connectivity index (χ2v) is 4.52. The van der Waals surface area contributed by atoms with Crippen molar-refractivity contribution in [3.05, 3.63) is 0 Å². The summed E-state index contributed by atoms with van der Waals surface area (Å²) in [5, 5.41) is 0. The van der Waals surface area contributed by atoms with Gasteiger partial charge in [0.25, 0.3) is 0 Å². The van der Waals surface area contributed by atoms with Gasteiger partial charge in [-0.25, -0.2) is 4.79 Å². The molecule has 0 spiro atoms. The average Bonchev–Trinajstić information content (AvgIpc) is 2.17. The number of nitrogens with one attached hydrogen (secondary N) is 1. The van der Waals surface area contributed by atoms with Crippen molar-refractivity contribution in [2.45, 2.75) is 50.6 Å². The molecule has 2 fully saturated rings. The van der Waals surface area contributed by atoms with Crippen molar-refractivity contribution in [3.8, 4) is 0 Å². The molecule has 14 heavy (non-hydrogen) atoms. The van der Waals surface area contributed by atoms with Crippen LogP contribution in [0.4, 0.5) is 0 Å². The van der Waals surface area contributed by atoms with Crippen LogP contribution in [0.2, 0.25) is 0 Å². The Hall–Kier alpha value is -0.570. The maximum Gasteiger partial charge on any atom is 0.364 e. The number of likely N-dealkylation sites (tertiary alicyclic amines) is 1. The summed E-state index contributed by atoms with van der Waals surface area (Å²) in [6.07, 6.45) is 7.72. The van der Waals surface area contributed by atoms with E-state index in [1.165, 1.54) is 50.7 Å². The van der Waals surface area contributed by atoms with Crippen LogP contribution in [0, 0.1) is 0 Å². The Balaban J connectivity index is 1.88. The lowest BCUT2D eigenvalue weighted by molar-refractivity contribution is -0.981. The molecule has 80 valence electrons. The van der Waals surface area contributed by atoms with Gasteiger partial charge >= 0.3 is 5.97 Å². The first-order valence-electron chi connectivity index (χ1n) is 5.76. The van der Waals surface area contributed by atoms with Crippen molar-refractivity contribution >= 4 is 5.97 Å². The van der Waals surface area contributed by atoms with Crippen LogP contribution in [0.1, 0.15) is 38.5 Å². The Morgan fingerprint density at radius 2 is 1.93 bits per heavy atom. The molecule has 0 aromatic rings. The molecule has 2 rings (SSSR count). The molecule has 0 aromatic heterocycles. The molecule has 0 bridgehead atoms. The number of methoxy groups -OCH3 is 1. The van der Waals surface area contributed by atoms with Crippen molar-refractivity contribution in [2.75, 3.05) is 13.7 Å². The van der Waals surface area contributed by atoms with E-state index in [1.54, 1.807) is 0 Å². The minimum atomic E-state index is -0.00294. The Labute approximate surface area is 85.4 Å². The van der Waals surface area contributed by atoms with Crippen LogP contribution in [-0.2, 0) is 9.53 Å². The van der Waals surface area contributed by atoms with Gasteiger partial charge in [-0.1, -0.05) is 6.42 Å². The number of rotatable bonds is 2. The zero-order chi connectivity index (χ0) is 9.97. The molecule has 1 saturated heterocycles. The first kappa shape index (κ1) is 9.97. The van der Waals surface area contributed by atoms with E-state index in [2.05, 4.69) is 0 Å². The van der Waals surface area contributed by atoms with E-state index in [9.17, 15) is 4.79 Å². The fraction of sp³-hybridized carbons (Fsp3) is 0.909. The molecule has 1 saturated carbocycles. The van der Waals surface area contributed by atoms with Crippen molar-refractivity contribution < 1.29 is 14.4 Å². The fourth-order valence-corrected chi connectivity index (χ4v) is 2.83. The van der Waals surface area contributed by atoms with Gasteiger partial charge in [0.15, 0.2) is 6.04 Å². The third-order valence-corrected chi connectivity index (χ3v) is 3.78. The zero-order valence-corrected chi connectivity index (χ0v) is 8.92. The van der Waals surface area contributed by atoms with Gasteiger partial charge in [0, 0.05) is 0 Å². The second kappa shape index (κ2) is 4.30. The molecule has 1 N–H and O–H groups in total. The highest BCUT2D eigenvalue weighted by Crippen LogP contribution is 2.17. The van der Waals surface area contributed by atoms with E-state index < -0.39 is 0 Å². The summed E-state index contributed by atoms with van der Waals surface area (Å²) in [7, 11) is 1.50. The third-order valence-electron chi connectivity index (χ3n) is 3.78. The molecule has 0 radical (unpaired) electrons. The van der Waals surface area contributed by atoms with Crippen LogP contribution >= 0.6 is 0 Å². The molecule has 0 amide bonds. The fourth-order valence-electron chi connectivity index (χ4n) is 2.83. The molecular weight excluding hydrogens is 178 g/mol. The van der Waals surface area contributed by atoms with Crippen LogP contribution in [0.15, 0.2) is 0 Å². The lowest BCUT2D eigenvalue weighted by Crippen LogP contribution is -3.26. The summed E-state index contributed by atoms with van der Waals surface area (Å²) >= 11 is 0. The van der Waals surface area contributed by atoms with Crippen LogP contribution in [0.25, 0.3) is 0 Å². The SMILES string of the molecule is COC(=O)[C@H]1CC[NH+]1C1CCCCC1. The number of ether oxygens (including phenoxy) is 1. The van der Waals surface area contributed by atoms with E-state index in [4.69, 9.17) is 4.74 Å². The van der Waals surface area contributed by atoms with Crippen molar-refractivity contribution in [3.63, 3.8) is 0 Å². The van der Waals surface area contributed by atoms with Crippen molar-refractivity contribution in [1.82, 2.24) is 0 Å². The average molecular weight is 198 g/mol. The summed E-state index contributed by atoms with van der Waals surface area (Å²) in [6.45, 7) is 1.17. The standard InChI is InChI=1S/C11H19NO2/c1-14-11(13)10-7-8-12(10)9-5-3-2-4-6-9/h9-10H,2-8H2,1H3/p+1/t10-/m1/s1. The molecule has 3 nitrogen and oxygen atoms in total. The van der Waals surface area contributed by atoms with E-state index >= 15 is 0 Å².